The van der Waals surface area contributed by atoms with E-state index in [9.17, 15) is 14.7 Å². The summed E-state index contributed by atoms with van der Waals surface area (Å²) in [5.74, 6) is -2.21. The summed E-state index contributed by atoms with van der Waals surface area (Å²) in [5, 5.41) is 20.8. The Kier molecular flexibility index (Phi) is 4.02. The number of hydrogen-bond acceptors (Lipinski definition) is 6. The number of phenols is 1. The Bertz CT molecular complexity index is 928. The molecule has 120 valence electrons. The zero-order chi connectivity index (χ0) is 17.1. The van der Waals surface area contributed by atoms with E-state index in [0.717, 1.165) is 5.56 Å². The number of carbonyl (C=O) groups excluding carboxylic acids is 1. The highest BCUT2D eigenvalue weighted by atomic mass is 16.4. The molecule has 3 rings (SSSR count). The molecule has 0 aliphatic carbocycles. The number of benzene rings is 1. The maximum Gasteiger partial charge on any atom is 0.322 e. The van der Waals surface area contributed by atoms with Crippen molar-refractivity contribution in [3.8, 4) is 17.0 Å². The number of nitrogens with one attached hydrogen (secondary N) is 1. The highest BCUT2D eigenvalue weighted by Gasteiger charge is 2.18. The van der Waals surface area contributed by atoms with Crippen molar-refractivity contribution in [2.45, 2.75) is 0 Å². The molecule has 3 aromatic rings. The molecule has 8 heteroatoms. The molecular formula is C16H12N4O4. The van der Waals surface area contributed by atoms with Crippen molar-refractivity contribution in [2.24, 2.45) is 0 Å². The van der Waals surface area contributed by atoms with Gasteiger partial charge < -0.3 is 15.5 Å². The van der Waals surface area contributed by atoms with Crippen LogP contribution in [-0.2, 0) is 4.79 Å². The van der Waals surface area contributed by atoms with Gasteiger partial charge in [0.2, 0.25) is 0 Å². The second-order valence-electron chi connectivity index (χ2n) is 4.89. The number of amides is 1. The molecule has 8 nitrogen and oxygen atoms in total. The minimum atomic E-state index is -1.19. The number of aliphatic carboxylic acids is 1. The highest BCUT2D eigenvalue weighted by molar-refractivity contribution is 6.08. The molecule has 0 radical (unpaired) electrons. The predicted molar refractivity (Wildman–Crippen MR) is 84.4 cm³/mol. The van der Waals surface area contributed by atoms with Crippen LogP contribution in [-0.4, -0.2) is 43.6 Å². The van der Waals surface area contributed by atoms with Crippen LogP contribution in [0.15, 0.2) is 42.9 Å². The molecule has 0 unspecified atom stereocenters. The number of hydrogen-bond donors (Lipinski definition) is 3. The SMILES string of the molecule is O=C(O)CNC(=O)c1c(O)ccc2nc(-c3ccncc3)cnc12. The molecule has 3 N–H and O–H groups in total. The average molecular weight is 324 g/mol. The minimum Gasteiger partial charge on any atom is -0.507 e. The number of carboxylic acids is 1. The van der Waals surface area contributed by atoms with Gasteiger partial charge in [-0.05, 0) is 24.3 Å². The van der Waals surface area contributed by atoms with Crippen molar-refractivity contribution >= 4 is 22.9 Å². The number of phenolic OH excluding ortho intramolecular Hbond substituents is 1. The molecule has 0 bridgehead atoms. The van der Waals surface area contributed by atoms with Crippen LogP contribution in [0.4, 0.5) is 0 Å². The van der Waals surface area contributed by atoms with Gasteiger partial charge in [0.05, 0.1) is 17.4 Å². The first kappa shape index (κ1) is 15.3. The first-order chi connectivity index (χ1) is 11.6. The molecule has 1 amide bonds. The molecule has 0 atom stereocenters. The number of nitrogens with zero attached hydrogens (tertiary/aromatic N) is 3. The van der Waals surface area contributed by atoms with Crippen LogP contribution in [0.25, 0.3) is 22.3 Å². The second kappa shape index (κ2) is 6.29. The second-order valence-corrected chi connectivity index (χ2v) is 4.89. The zero-order valence-electron chi connectivity index (χ0n) is 12.3. The number of rotatable bonds is 4. The Morgan fingerprint density at radius 1 is 1.12 bits per heavy atom. The summed E-state index contributed by atoms with van der Waals surface area (Å²) in [5.41, 5.74) is 1.89. The summed E-state index contributed by atoms with van der Waals surface area (Å²) in [6.07, 6.45) is 4.73. The lowest BCUT2D eigenvalue weighted by molar-refractivity contribution is -0.135. The lowest BCUT2D eigenvalue weighted by Gasteiger charge is -2.09. The van der Waals surface area contributed by atoms with Crippen LogP contribution in [0.1, 0.15) is 10.4 Å². The first-order valence-electron chi connectivity index (χ1n) is 6.95. The molecule has 0 saturated heterocycles. The van der Waals surface area contributed by atoms with Crippen molar-refractivity contribution < 1.29 is 19.8 Å². The van der Waals surface area contributed by atoms with Crippen LogP contribution < -0.4 is 5.32 Å². The number of fused-ring (bicyclic) bond motifs is 1. The van der Waals surface area contributed by atoms with Crippen LogP contribution in [0.2, 0.25) is 0 Å². The third-order valence-corrected chi connectivity index (χ3v) is 3.29. The van der Waals surface area contributed by atoms with Crippen molar-refractivity contribution in [1.82, 2.24) is 20.3 Å². The molecule has 24 heavy (non-hydrogen) atoms. The smallest absolute Gasteiger partial charge is 0.322 e. The van der Waals surface area contributed by atoms with Crippen LogP contribution in [0.5, 0.6) is 5.75 Å². The van der Waals surface area contributed by atoms with Crippen molar-refractivity contribution in [2.75, 3.05) is 6.54 Å². The van der Waals surface area contributed by atoms with Gasteiger partial charge in [0.1, 0.15) is 23.4 Å². The third kappa shape index (κ3) is 2.98. The van der Waals surface area contributed by atoms with Gasteiger partial charge in [-0.25, -0.2) is 4.98 Å². The van der Waals surface area contributed by atoms with Gasteiger partial charge >= 0.3 is 5.97 Å². The standard InChI is InChI=1S/C16H12N4O4/c21-12-2-1-10-15(14(12)16(24)19-8-13(22)23)18-7-11(20-10)9-3-5-17-6-4-9/h1-7,21H,8H2,(H,19,24)(H,22,23). The van der Waals surface area contributed by atoms with Gasteiger partial charge in [0, 0.05) is 18.0 Å². The molecule has 2 aromatic heterocycles. The molecule has 0 aliphatic rings. The van der Waals surface area contributed by atoms with E-state index in [2.05, 4.69) is 20.3 Å². The normalized spacial score (nSPS) is 10.5. The summed E-state index contributed by atoms with van der Waals surface area (Å²) in [7, 11) is 0. The van der Waals surface area contributed by atoms with Gasteiger partial charge in [-0.2, -0.15) is 0 Å². The predicted octanol–water partition coefficient (Wildman–Crippen LogP) is 1.21. The molecule has 2 heterocycles. The van der Waals surface area contributed by atoms with E-state index in [0.29, 0.717) is 11.2 Å². The molecule has 0 spiro atoms. The summed E-state index contributed by atoms with van der Waals surface area (Å²) < 4.78 is 0. The summed E-state index contributed by atoms with van der Waals surface area (Å²) >= 11 is 0. The Morgan fingerprint density at radius 3 is 2.58 bits per heavy atom. The van der Waals surface area contributed by atoms with E-state index in [1.807, 2.05) is 0 Å². The topological polar surface area (TPSA) is 125 Å². The van der Waals surface area contributed by atoms with Gasteiger partial charge in [-0.3, -0.25) is 19.6 Å². The fraction of sp³-hybridized carbons (Fsp3) is 0.0625. The largest absolute Gasteiger partial charge is 0.507 e. The Hall–Kier alpha value is -3.55. The Morgan fingerprint density at radius 2 is 1.88 bits per heavy atom. The van der Waals surface area contributed by atoms with E-state index in [-0.39, 0.29) is 16.8 Å². The van der Waals surface area contributed by atoms with Crippen molar-refractivity contribution in [1.29, 1.82) is 0 Å². The zero-order valence-corrected chi connectivity index (χ0v) is 12.3. The van der Waals surface area contributed by atoms with Gasteiger partial charge in [0.25, 0.3) is 5.91 Å². The summed E-state index contributed by atoms with van der Waals surface area (Å²) in [4.78, 5) is 35.3. The first-order valence-corrected chi connectivity index (χ1v) is 6.95. The lowest BCUT2D eigenvalue weighted by Crippen LogP contribution is -2.29. The quantitative estimate of drug-likeness (QED) is 0.658. The van der Waals surface area contributed by atoms with Crippen molar-refractivity contribution in [3.05, 3.63) is 48.4 Å². The number of pyridine rings is 1. The Balaban J connectivity index is 2.06. The van der Waals surface area contributed by atoms with Crippen LogP contribution >= 0.6 is 0 Å². The molecular weight excluding hydrogens is 312 g/mol. The maximum absolute atomic E-state index is 12.1. The van der Waals surface area contributed by atoms with E-state index < -0.39 is 18.4 Å². The van der Waals surface area contributed by atoms with Gasteiger partial charge in [-0.1, -0.05) is 0 Å². The number of carbonyl (C=O) groups is 2. The average Bonchev–Trinajstić information content (AvgIpc) is 2.60. The molecule has 1 aromatic carbocycles. The van der Waals surface area contributed by atoms with E-state index in [4.69, 9.17) is 5.11 Å². The van der Waals surface area contributed by atoms with Gasteiger partial charge in [-0.15, -0.1) is 0 Å². The monoisotopic (exact) mass is 324 g/mol. The van der Waals surface area contributed by atoms with Crippen LogP contribution in [0.3, 0.4) is 0 Å². The lowest BCUT2D eigenvalue weighted by atomic mass is 10.1. The molecule has 0 aliphatic heterocycles. The number of aromatic nitrogens is 3. The number of aromatic hydroxyl groups is 1. The van der Waals surface area contributed by atoms with Crippen molar-refractivity contribution in [3.63, 3.8) is 0 Å². The van der Waals surface area contributed by atoms with Crippen LogP contribution in [0, 0.1) is 0 Å². The highest BCUT2D eigenvalue weighted by Crippen LogP contribution is 2.26. The fourth-order valence-corrected chi connectivity index (χ4v) is 2.20. The summed E-state index contributed by atoms with van der Waals surface area (Å²) in [6.45, 7) is -0.558. The van der Waals surface area contributed by atoms with E-state index in [1.54, 1.807) is 24.5 Å². The third-order valence-electron chi connectivity index (χ3n) is 3.29. The summed E-state index contributed by atoms with van der Waals surface area (Å²) in [6, 6.07) is 6.41. The van der Waals surface area contributed by atoms with E-state index >= 15 is 0 Å². The van der Waals surface area contributed by atoms with Gasteiger partial charge in [0.15, 0.2) is 0 Å². The Labute approximate surface area is 135 Å². The van der Waals surface area contributed by atoms with E-state index in [1.165, 1.54) is 18.3 Å². The maximum atomic E-state index is 12.1. The minimum absolute atomic E-state index is 0.109. The number of carboxylic acid groups (broad SMARTS) is 1. The molecule has 0 saturated carbocycles. The fourth-order valence-electron chi connectivity index (χ4n) is 2.20. The molecule has 0 fully saturated rings.